The average molecular weight is 515 g/mol. The number of carbonyl (C=O) groups is 2. The first-order valence-corrected chi connectivity index (χ1v) is 13.0. The summed E-state index contributed by atoms with van der Waals surface area (Å²) in [4.78, 5) is 27.6. The fourth-order valence-electron chi connectivity index (χ4n) is 3.85. The first-order chi connectivity index (χ1) is 18.0. The van der Waals surface area contributed by atoms with Crippen LogP contribution in [0.2, 0.25) is 0 Å². The van der Waals surface area contributed by atoms with Crippen LogP contribution in [-0.4, -0.2) is 40.1 Å². The van der Waals surface area contributed by atoms with Crippen LogP contribution in [0.25, 0.3) is 10.6 Å². The highest BCUT2D eigenvalue weighted by Crippen LogP contribution is 2.27. The lowest BCUT2D eigenvalue weighted by Gasteiger charge is -2.29. The minimum absolute atomic E-state index is 0.0655. The molecule has 8 heteroatoms. The van der Waals surface area contributed by atoms with Crippen molar-refractivity contribution in [3.05, 3.63) is 102 Å². The van der Waals surface area contributed by atoms with Crippen LogP contribution in [0, 0.1) is 6.92 Å². The van der Waals surface area contributed by atoms with Crippen LogP contribution >= 0.6 is 11.3 Å². The van der Waals surface area contributed by atoms with Crippen LogP contribution in [0.5, 0.6) is 0 Å². The highest BCUT2D eigenvalue weighted by molar-refractivity contribution is 7.18. The van der Waals surface area contributed by atoms with Crippen molar-refractivity contribution in [2.45, 2.75) is 32.9 Å². The molecule has 2 amide bonds. The summed E-state index contributed by atoms with van der Waals surface area (Å²) >= 11 is 1.32. The summed E-state index contributed by atoms with van der Waals surface area (Å²) < 4.78 is 5.69. The molecule has 190 valence electrons. The van der Waals surface area contributed by atoms with Crippen LogP contribution in [0.4, 0.5) is 5.13 Å². The minimum Gasteiger partial charge on any atom is -0.367 e. The van der Waals surface area contributed by atoms with Crippen molar-refractivity contribution in [1.29, 1.82) is 0 Å². The Labute approximate surface area is 221 Å². The van der Waals surface area contributed by atoms with Crippen LogP contribution in [0.3, 0.4) is 0 Å². The predicted octanol–water partition coefficient (Wildman–Crippen LogP) is 5.65. The number of nitrogens with one attached hydrogen (secondary N) is 1. The zero-order valence-corrected chi connectivity index (χ0v) is 21.8. The Hall–Kier alpha value is -3.88. The first-order valence-electron chi connectivity index (χ1n) is 12.2. The van der Waals surface area contributed by atoms with Gasteiger partial charge in [0.25, 0.3) is 0 Å². The average Bonchev–Trinajstić information content (AvgIpc) is 3.38. The molecular formula is C29H30N4O3S. The summed E-state index contributed by atoms with van der Waals surface area (Å²) in [6, 6.07) is 27.3. The van der Waals surface area contributed by atoms with E-state index in [4.69, 9.17) is 4.74 Å². The number of amides is 2. The van der Waals surface area contributed by atoms with Gasteiger partial charge in [0.2, 0.25) is 16.9 Å². The van der Waals surface area contributed by atoms with E-state index in [1.54, 1.807) is 4.90 Å². The molecular weight excluding hydrogens is 484 g/mol. The van der Waals surface area contributed by atoms with Crippen LogP contribution in [-0.2, 0) is 20.9 Å². The second-order valence-electron chi connectivity index (χ2n) is 8.73. The number of carbonyl (C=O) groups excluding carboxylic acids is 2. The van der Waals surface area contributed by atoms with E-state index in [2.05, 4.69) is 15.5 Å². The van der Waals surface area contributed by atoms with Gasteiger partial charge in [-0.3, -0.25) is 9.59 Å². The third-order valence-corrected chi connectivity index (χ3v) is 6.84. The standard InChI is InChI=1S/C29H30N4O3S/c1-21-13-15-25(16-14-21)28-31-32-29(37-28)30-26(34)17-18-33(22(2)24-11-7-4-8-12-24)27(35)20-36-19-23-9-5-3-6-10-23/h3-16,22H,17-20H2,1-2H3,(H,30,32,34)/t22-/m0/s1. The lowest BCUT2D eigenvalue weighted by molar-refractivity contribution is -0.139. The number of ether oxygens (including phenoxy) is 1. The fraction of sp³-hybridized carbons (Fsp3) is 0.241. The molecule has 0 aliphatic rings. The quantitative estimate of drug-likeness (QED) is 0.280. The van der Waals surface area contributed by atoms with E-state index >= 15 is 0 Å². The molecule has 1 aromatic heterocycles. The molecule has 0 aliphatic heterocycles. The van der Waals surface area contributed by atoms with Gasteiger partial charge in [-0.25, -0.2) is 0 Å². The Kier molecular flexibility index (Phi) is 9.13. The number of nitrogens with zero attached hydrogens (tertiary/aromatic N) is 3. The molecule has 1 atom stereocenters. The fourth-order valence-corrected chi connectivity index (χ4v) is 4.61. The van der Waals surface area contributed by atoms with E-state index in [0.29, 0.717) is 11.7 Å². The van der Waals surface area contributed by atoms with Gasteiger partial charge in [0.05, 0.1) is 12.6 Å². The Morgan fingerprint density at radius 3 is 2.32 bits per heavy atom. The molecule has 1 N–H and O–H groups in total. The third kappa shape index (κ3) is 7.55. The highest BCUT2D eigenvalue weighted by Gasteiger charge is 2.23. The Bertz CT molecular complexity index is 1290. The van der Waals surface area contributed by atoms with E-state index in [0.717, 1.165) is 27.3 Å². The van der Waals surface area contributed by atoms with E-state index in [1.165, 1.54) is 11.3 Å². The maximum Gasteiger partial charge on any atom is 0.249 e. The molecule has 3 aromatic carbocycles. The number of benzene rings is 3. The molecule has 7 nitrogen and oxygen atoms in total. The third-order valence-electron chi connectivity index (χ3n) is 5.96. The van der Waals surface area contributed by atoms with Crippen molar-refractivity contribution in [3.8, 4) is 10.6 Å². The van der Waals surface area contributed by atoms with Crippen molar-refractivity contribution < 1.29 is 14.3 Å². The number of hydrogen-bond donors (Lipinski definition) is 1. The zero-order valence-electron chi connectivity index (χ0n) is 21.0. The van der Waals surface area contributed by atoms with Gasteiger partial charge in [-0.05, 0) is 25.0 Å². The summed E-state index contributed by atoms with van der Waals surface area (Å²) in [6.45, 7) is 4.52. The molecule has 0 saturated carbocycles. The summed E-state index contributed by atoms with van der Waals surface area (Å²) in [7, 11) is 0. The molecule has 0 aliphatic carbocycles. The van der Waals surface area contributed by atoms with Crippen molar-refractivity contribution in [2.24, 2.45) is 0 Å². The van der Waals surface area contributed by atoms with E-state index < -0.39 is 0 Å². The summed E-state index contributed by atoms with van der Waals surface area (Å²) in [5.41, 5.74) is 4.11. The Balaban J connectivity index is 1.36. The Morgan fingerprint density at radius 1 is 0.946 bits per heavy atom. The first kappa shape index (κ1) is 26.2. The number of rotatable bonds is 11. The van der Waals surface area contributed by atoms with Crippen LogP contribution in [0.15, 0.2) is 84.9 Å². The van der Waals surface area contributed by atoms with Gasteiger partial charge in [0.1, 0.15) is 11.6 Å². The molecule has 4 aromatic rings. The molecule has 0 spiro atoms. The maximum absolute atomic E-state index is 13.2. The summed E-state index contributed by atoms with van der Waals surface area (Å²) in [5.74, 6) is -0.396. The summed E-state index contributed by atoms with van der Waals surface area (Å²) in [6.07, 6.45) is 0.126. The zero-order chi connectivity index (χ0) is 26.0. The molecule has 4 rings (SSSR count). The van der Waals surface area contributed by atoms with E-state index in [9.17, 15) is 9.59 Å². The van der Waals surface area contributed by atoms with Gasteiger partial charge in [0, 0.05) is 18.5 Å². The second kappa shape index (κ2) is 12.9. The Morgan fingerprint density at radius 2 is 1.62 bits per heavy atom. The van der Waals surface area contributed by atoms with Crippen LogP contribution < -0.4 is 5.32 Å². The highest BCUT2D eigenvalue weighted by atomic mass is 32.1. The summed E-state index contributed by atoms with van der Waals surface area (Å²) in [5, 5.41) is 12.3. The lowest BCUT2D eigenvalue weighted by atomic mass is 10.1. The van der Waals surface area contributed by atoms with Crippen molar-refractivity contribution in [2.75, 3.05) is 18.5 Å². The van der Waals surface area contributed by atoms with Crippen LogP contribution in [0.1, 0.15) is 36.1 Å². The molecule has 37 heavy (non-hydrogen) atoms. The molecule has 0 saturated heterocycles. The molecule has 0 bridgehead atoms. The smallest absolute Gasteiger partial charge is 0.249 e. The molecule has 0 fully saturated rings. The number of anilines is 1. The van der Waals surface area contributed by atoms with Crippen molar-refractivity contribution in [1.82, 2.24) is 15.1 Å². The van der Waals surface area contributed by atoms with Gasteiger partial charge < -0.3 is 15.0 Å². The van der Waals surface area contributed by atoms with Gasteiger partial charge in [0.15, 0.2) is 0 Å². The second-order valence-corrected chi connectivity index (χ2v) is 9.71. The topological polar surface area (TPSA) is 84.4 Å². The number of hydrogen-bond acceptors (Lipinski definition) is 6. The van der Waals surface area contributed by atoms with Gasteiger partial charge in [-0.15, -0.1) is 10.2 Å². The largest absolute Gasteiger partial charge is 0.367 e. The van der Waals surface area contributed by atoms with Crippen molar-refractivity contribution >= 4 is 28.3 Å². The van der Waals surface area contributed by atoms with Crippen molar-refractivity contribution in [3.63, 3.8) is 0 Å². The lowest BCUT2D eigenvalue weighted by Crippen LogP contribution is -2.38. The van der Waals surface area contributed by atoms with E-state index in [1.807, 2.05) is 98.8 Å². The van der Waals surface area contributed by atoms with Gasteiger partial charge >= 0.3 is 0 Å². The maximum atomic E-state index is 13.2. The van der Waals surface area contributed by atoms with Gasteiger partial charge in [-0.2, -0.15) is 0 Å². The predicted molar refractivity (Wildman–Crippen MR) is 146 cm³/mol. The molecule has 0 radical (unpaired) electrons. The number of aryl methyl sites for hydroxylation is 1. The normalized spacial score (nSPS) is 11.6. The number of aromatic nitrogens is 2. The molecule has 0 unspecified atom stereocenters. The SMILES string of the molecule is Cc1ccc(-c2nnc(NC(=O)CCN(C(=O)COCc3ccccc3)[C@@H](C)c3ccccc3)s2)cc1. The minimum atomic E-state index is -0.227. The monoisotopic (exact) mass is 514 g/mol. The van der Waals surface area contributed by atoms with Gasteiger partial charge in [-0.1, -0.05) is 102 Å². The molecule has 1 heterocycles. The van der Waals surface area contributed by atoms with E-state index in [-0.39, 0.29) is 37.4 Å².